The summed E-state index contributed by atoms with van der Waals surface area (Å²) in [5.41, 5.74) is 0. The number of likely N-dealkylation sites (tertiary alicyclic amines) is 1. The first kappa shape index (κ1) is 21.4. The van der Waals surface area contributed by atoms with Gasteiger partial charge in [-0.1, -0.05) is 26.2 Å². The number of carboxylic acids is 1. The van der Waals surface area contributed by atoms with Crippen LogP contribution in [0.15, 0.2) is 0 Å². The van der Waals surface area contributed by atoms with Crippen LogP contribution in [0.5, 0.6) is 0 Å². The minimum absolute atomic E-state index is 0.0616. The van der Waals surface area contributed by atoms with E-state index in [1.54, 1.807) is 0 Å². The highest BCUT2D eigenvalue weighted by Crippen LogP contribution is 2.09. The van der Waals surface area contributed by atoms with Crippen LogP contribution >= 0.6 is 0 Å². The summed E-state index contributed by atoms with van der Waals surface area (Å²) >= 11 is 0. The minimum Gasteiger partial charge on any atom is -0.481 e. The zero-order valence-electron chi connectivity index (χ0n) is 14.5. The summed E-state index contributed by atoms with van der Waals surface area (Å²) in [7, 11) is 0. The molecule has 0 amide bonds. The number of carbonyl (C=O) groups is 1. The zero-order chi connectivity index (χ0) is 16.5. The van der Waals surface area contributed by atoms with Gasteiger partial charge < -0.3 is 19.5 Å². The van der Waals surface area contributed by atoms with Gasteiger partial charge >= 0.3 is 5.97 Å². The highest BCUT2D eigenvalue weighted by atomic mass is 16.5. The molecule has 1 heterocycles. The Morgan fingerprint density at radius 1 is 1.00 bits per heavy atom. The number of piperidine rings is 1. The maximum absolute atomic E-state index is 9.98. The Labute approximate surface area is 136 Å². The van der Waals surface area contributed by atoms with E-state index < -0.39 is 5.97 Å². The summed E-state index contributed by atoms with van der Waals surface area (Å²) in [5, 5.41) is 8.20. The average molecular weight is 317 g/mol. The molecule has 1 N–H and O–H groups in total. The van der Waals surface area contributed by atoms with Gasteiger partial charge in [-0.05, 0) is 45.8 Å². The molecule has 0 atom stereocenters. The first-order valence-electron chi connectivity index (χ1n) is 8.80. The van der Waals surface area contributed by atoms with Crippen LogP contribution in [-0.4, -0.2) is 62.0 Å². The van der Waals surface area contributed by atoms with E-state index in [2.05, 4.69) is 11.8 Å². The number of aliphatic carboxylic acids is 1. The molecule has 0 radical (unpaired) electrons. The molecule has 0 saturated carbocycles. The van der Waals surface area contributed by atoms with E-state index in [0.717, 1.165) is 0 Å². The molecular formula is C17H35NO4. The normalized spacial score (nSPS) is 15.2. The van der Waals surface area contributed by atoms with Gasteiger partial charge in [-0.15, -0.1) is 0 Å². The molecule has 1 saturated heterocycles. The van der Waals surface area contributed by atoms with E-state index in [4.69, 9.17) is 14.6 Å². The lowest BCUT2D eigenvalue weighted by atomic mass is 10.1. The lowest BCUT2D eigenvalue weighted by Crippen LogP contribution is -2.30. The van der Waals surface area contributed by atoms with Gasteiger partial charge in [0.1, 0.15) is 0 Å². The van der Waals surface area contributed by atoms with Gasteiger partial charge in [0.2, 0.25) is 0 Å². The summed E-state index contributed by atoms with van der Waals surface area (Å²) in [6.45, 7) is 10.2. The number of nitrogens with zero attached hydrogens (tertiary/aromatic N) is 1. The van der Waals surface area contributed by atoms with Crippen molar-refractivity contribution >= 4 is 5.97 Å². The molecule has 5 nitrogen and oxygen atoms in total. The zero-order valence-corrected chi connectivity index (χ0v) is 14.5. The van der Waals surface area contributed by atoms with E-state index in [-0.39, 0.29) is 13.0 Å². The number of ether oxygens (including phenoxy) is 2. The number of rotatable bonds is 11. The summed E-state index contributed by atoms with van der Waals surface area (Å²) < 4.78 is 9.91. The van der Waals surface area contributed by atoms with E-state index in [0.29, 0.717) is 19.8 Å². The smallest absolute Gasteiger partial charge is 0.305 e. The molecule has 1 aliphatic heterocycles. The van der Waals surface area contributed by atoms with Crippen molar-refractivity contribution in [2.75, 3.05) is 46.1 Å². The van der Waals surface area contributed by atoms with Crippen molar-refractivity contribution in [3.63, 3.8) is 0 Å². The molecule has 0 aromatic heterocycles. The number of hydrogen-bond donors (Lipinski definition) is 1. The predicted molar refractivity (Wildman–Crippen MR) is 89.4 cm³/mol. The van der Waals surface area contributed by atoms with Gasteiger partial charge in [0.25, 0.3) is 0 Å². The van der Waals surface area contributed by atoms with Gasteiger partial charge in [0.15, 0.2) is 0 Å². The fraction of sp³-hybridized carbons (Fsp3) is 0.941. The summed E-state index contributed by atoms with van der Waals surface area (Å²) in [5.74, 6) is -0.832. The Balaban J connectivity index is 0.000000401. The number of hydrogen-bond acceptors (Lipinski definition) is 4. The molecule has 1 aliphatic rings. The maximum Gasteiger partial charge on any atom is 0.305 e. The predicted octanol–water partition coefficient (Wildman–Crippen LogP) is 3.18. The molecule has 132 valence electrons. The highest BCUT2D eigenvalue weighted by Gasteiger charge is 2.08. The van der Waals surface area contributed by atoms with Crippen LogP contribution in [0.4, 0.5) is 0 Å². The second kappa shape index (κ2) is 16.7. The highest BCUT2D eigenvalue weighted by molar-refractivity contribution is 5.66. The van der Waals surface area contributed by atoms with Crippen molar-refractivity contribution < 1.29 is 19.4 Å². The van der Waals surface area contributed by atoms with Crippen molar-refractivity contribution in [2.45, 2.75) is 58.8 Å². The van der Waals surface area contributed by atoms with Crippen LogP contribution in [0.3, 0.4) is 0 Å². The monoisotopic (exact) mass is 317 g/mol. The van der Waals surface area contributed by atoms with Gasteiger partial charge in [-0.3, -0.25) is 4.79 Å². The molecule has 5 heteroatoms. The summed E-state index contributed by atoms with van der Waals surface area (Å²) in [6, 6.07) is 0. The maximum atomic E-state index is 9.98. The van der Waals surface area contributed by atoms with Gasteiger partial charge in [0, 0.05) is 6.61 Å². The topological polar surface area (TPSA) is 59.0 Å². The van der Waals surface area contributed by atoms with Gasteiger partial charge in [-0.2, -0.15) is 0 Å². The fourth-order valence-corrected chi connectivity index (χ4v) is 2.29. The third kappa shape index (κ3) is 15.7. The molecule has 1 fully saturated rings. The molecule has 22 heavy (non-hydrogen) atoms. The van der Waals surface area contributed by atoms with Crippen LogP contribution in [0.1, 0.15) is 58.8 Å². The number of unbranched alkanes of at least 4 members (excludes halogenated alkanes) is 2. The fourth-order valence-electron chi connectivity index (χ4n) is 2.29. The molecule has 1 rings (SSSR count). The first-order valence-corrected chi connectivity index (χ1v) is 8.80. The third-order valence-corrected chi connectivity index (χ3v) is 3.56. The van der Waals surface area contributed by atoms with Crippen molar-refractivity contribution in [3.05, 3.63) is 0 Å². The third-order valence-electron chi connectivity index (χ3n) is 3.56. The van der Waals surface area contributed by atoms with Crippen LogP contribution in [0.2, 0.25) is 0 Å². The van der Waals surface area contributed by atoms with Crippen molar-refractivity contribution in [1.82, 2.24) is 4.90 Å². The van der Waals surface area contributed by atoms with E-state index in [9.17, 15) is 4.79 Å². The van der Waals surface area contributed by atoms with E-state index >= 15 is 0 Å². The van der Waals surface area contributed by atoms with Crippen LogP contribution < -0.4 is 0 Å². The van der Waals surface area contributed by atoms with Crippen LogP contribution in [0.25, 0.3) is 0 Å². The molecule has 0 aromatic rings. The summed E-state index contributed by atoms with van der Waals surface area (Å²) in [4.78, 5) is 12.6. The Morgan fingerprint density at radius 2 is 1.68 bits per heavy atom. The van der Waals surface area contributed by atoms with E-state index in [1.165, 1.54) is 58.2 Å². The molecule has 0 spiro atoms. The van der Waals surface area contributed by atoms with Crippen LogP contribution in [-0.2, 0) is 14.3 Å². The Hall–Kier alpha value is -0.650. The van der Waals surface area contributed by atoms with Gasteiger partial charge in [0.05, 0.1) is 26.2 Å². The molecule has 0 unspecified atom stereocenters. The lowest BCUT2D eigenvalue weighted by molar-refractivity contribution is -0.138. The van der Waals surface area contributed by atoms with E-state index in [1.807, 2.05) is 6.92 Å². The van der Waals surface area contributed by atoms with Crippen molar-refractivity contribution in [2.24, 2.45) is 0 Å². The molecule has 0 aromatic carbocycles. The van der Waals surface area contributed by atoms with Crippen LogP contribution in [0, 0.1) is 0 Å². The SMILES string of the molecule is CCCCCN1CCCCC1.CCOCCOCCC(=O)O. The Kier molecular flexibility index (Phi) is 16.2. The van der Waals surface area contributed by atoms with Crippen molar-refractivity contribution in [3.8, 4) is 0 Å². The Morgan fingerprint density at radius 3 is 2.27 bits per heavy atom. The quantitative estimate of drug-likeness (QED) is 0.593. The van der Waals surface area contributed by atoms with Gasteiger partial charge in [-0.25, -0.2) is 0 Å². The minimum atomic E-state index is -0.832. The lowest BCUT2D eigenvalue weighted by Gasteiger charge is -2.26. The summed E-state index contributed by atoms with van der Waals surface area (Å²) in [6.07, 6.45) is 8.58. The first-order chi connectivity index (χ1) is 10.7. The Bertz CT molecular complexity index is 243. The second-order valence-electron chi connectivity index (χ2n) is 5.56. The molecule has 0 aliphatic carbocycles. The van der Waals surface area contributed by atoms with Crippen molar-refractivity contribution in [1.29, 1.82) is 0 Å². The standard InChI is InChI=1S/C10H21N.C7H14O4/c1-2-3-5-8-11-9-6-4-7-10-11;1-2-10-5-6-11-4-3-7(8)9/h2-10H2,1H3;2-6H2,1H3,(H,8,9). The average Bonchev–Trinajstić information content (AvgIpc) is 2.52. The molecule has 0 bridgehead atoms. The number of carboxylic acid groups (broad SMARTS) is 1. The largest absolute Gasteiger partial charge is 0.481 e. The second-order valence-corrected chi connectivity index (χ2v) is 5.56. The molecular weight excluding hydrogens is 282 g/mol.